The summed E-state index contributed by atoms with van der Waals surface area (Å²) >= 11 is 0. The predicted molar refractivity (Wildman–Crippen MR) is 118 cm³/mol. The molecule has 1 saturated heterocycles. The lowest BCUT2D eigenvalue weighted by Gasteiger charge is -2.26. The van der Waals surface area contributed by atoms with Crippen LogP contribution in [0.25, 0.3) is 5.57 Å². The molecule has 2 atom stereocenters. The van der Waals surface area contributed by atoms with E-state index < -0.39 is 33.2 Å². The highest BCUT2D eigenvalue weighted by molar-refractivity contribution is 7.89. The summed E-state index contributed by atoms with van der Waals surface area (Å²) in [5.74, 6) is 0.452. The largest absolute Gasteiger partial charge is 0.497 e. The van der Waals surface area contributed by atoms with E-state index in [2.05, 4.69) is 0 Å². The molecular formula is C22H24N2O7S. The van der Waals surface area contributed by atoms with Crippen molar-refractivity contribution in [2.75, 3.05) is 7.11 Å². The maximum atomic E-state index is 13.2. The zero-order valence-corrected chi connectivity index (χ0v) is 18.9. The quantitative estimate of drug-likeness (QED) is 0.448. The van der Waals surface area contributed by atoms with E-state index in [9.17, 15) is 23.3 Å². The smallest absolute Gasteiger partial charge is 0.424 e. The van der Waals surface area contributed by atoms with Crippen LogP contribution in [0.4, 0.5) is 10.5 Å². The number of allylic oxidation sites excluding steroid dienone is 1. The minimum absolute atomic E-state index is 0.220. The summed E-state index contributed by atoms with van der Waals surface area (Å²) in [5, 5.41) is 10.9. The van der Waals surface area contributed by atoms with Crippen LogP contribution in [0.3, 0.4) is 0 Å². The first kappa shape index (κ1) is 23.3. The van der Waals surface area contributed by atoms with Gasteiger partial charge in [-0.15, -0.1) is 0 Å². The number of amides is 1. The van der Waals surface area contributed by atoms with Gasteiger partial charge >= 0.3 is 6.09 Å². The van der Waals surface area contributed by atoms with Crippen molar-refractivity contribution < 1.29 is 27.6 Å². The Hall–Kier alpha value is -3.40. The third-order valence-corrected chi connectivity index (χ3v) is 7.05. The molecule has 32 heavy (non-hydrogen) atoms. The van der Waals surface area contributed by atoms with Crippen molar-refractivity contribution >= 4 is 27.4 Å². The average Bonchev–Trinajstić information content (AvgIpc) is 3.10. The lowest BCUT2D eigenvalue weighted by atomic mass is 9.96. The monoisotopic (exact) mass is 460 g/mol. The molecule has 1 heterocycles. The van der Waals surface area contributed by atoms with Gasteiger partial charge in [0.15, 0.2) is 0 Å². The molecule has 1 amide bonds. The maximum absolute atomic E-state index is 13.2. The second kappa shape index (κ2) is 8.99. The molecule has 2 aromatic rings. The fourth-order valence-electron chi connectivity index (χ4n) is 3.58. The highest BCUT2D eigenvalue weighted by atomic mass is 32.2. The predicted octanol–water partition coefficient (Wildman–Crippen LogP) is 4.24. The van der Waals surface area contributed by atoms with Crippen LogP contribution in [-0.4, -0.2) is 43.0 Å². The lowest BCUT2D eigenvalue weighted by Crippen LogP contribution is -2.43. The molecule has 1 fully saturated rings. The molecule has 0 radical (unpaired) electrons. The van der Waals surface area contributed by atoms with E-state index >= 15 is 0 Å². The molecule has 3 rings (SSSR count). The SMILES string of the molecule is COc1ccc(/C(C)=C/[C@@H]2OC(=O)N(S(=O)(=O)c3ccc([N+](=O)[O-])cc3)[C@H]2C(C)C)cc1. The van der Waals surface area contributed by atoms with Crippen LogP contribution in [0.2, 0.25) is 0 Å². The Morgan fingerprint density at radius 3 is 2.25 bits per heavy atom. The van der Waals surface area contributed by atoms with Crippen LogP contribution in [-0.2, 0) is 14.8 Å². The molecule has 2 aromatic carbocycles. The summed E-state index contributed by atoms with van der Waals surface area (Å²) in [6.07, 6.45) is -0.0429. The first-order valence-electron chi connectivity index (χ1n) is 9.88. The van der Waals surface area contributed by atoms with Crippen molar-refractivity contribution in [2.45, 2.75) is 37.8 Å². The average molecular weight is 461 g/mol. The molecule has 9 nitrogen and oxygen atoms in total. The van der Waals surface area contributed by atoms with Gasteiger partial charge in [-0.25, -0.2) is 13.2 Å². The number of carbonyl (C=O) groups is 1. The van der Waals surface area contributed by atoms with Gasteiger partial charge in [0.25, 0.3) is 15.7 Å². The number of benzene rings is 2. The molecule has 0 spiro atoms. The summed E-state index contributed by atoms with van der Waals surface area (Å²) in [7, 11) is -2.70. The second-order valence-corrected chi connectivity index (χ2v) is 9.53. The van der Waals surface area contributed by atoms with Gasteiger partial charge in [-0.2, -0.15) is 4.31 Å². The van der Waals surface area contributed by atoms with Crippen LogP contribution in [0, 0.1) is 16.0 Å². The summed E-state index contributed by atoms with van der Waals surface area (Å²) in [6, 6.07) is 10.9. The summed E-state index contributed by atoms with van der Waals surface area (Å²) in [5.41, 5.74) is 1.44. The molecule has 0 aromatic heterocycles. The highest BCUT2D eigenvalue weighted by Crippen LogP contribution is 2.34. The molecule has 170 valence electrons. The van der Waals surface area contributed by atoms with Gasteiger partial charge in [-0.05, 0) is 54.3 Å². The number of rotatable bonds is 7. The van der Waals surface area contributed by atoms with E-state index in [4.69, 9.17) is 9.47 Å². The van der Waals surface area contributed by atoms with Crippen LogP contribution >= 0.6 is 0 Å². The summed E-state index contributed by atoms with van der Waals surface area (Å²) in [4.78, 5) is 22.7. The molecule has 0 unspecified atom stereocenters. The number of methoxy groups -OCH3 is 1. The number of cyclic esters (lactones) is 1. The fourth-order valence-corrected chi connectivity index (χ4v) is 5.21. The first-order chi connectivity index (χ1) is 15.1. The van der Waals surface area contributed by atoms with Gasteiger partial charge in [-0.3, -0.25) is 10.1 Å². The van der Waals surface area contributed by atoms with Gasteiger partial charge in [-0.1, -0.05) is 26.0 Å². The molecule has 0 N–H and O–H groups in total. The van der Waals surface area contributed by atoms with Gasteiger partial charge in [0.2, 0.25) is 0 Å². The Balaban J connectivity index is 1.95. The van der Waals surface area contributed by atoms with Crippen LogP contribution in [0.1, 0.15) is 26.3 Å². The Kier molecular flexibility index (Phi) is 6.54. The zero-order chi connectivity index (χ0) is 23.6. The molecule has 1 aliphatic rings. The van der Waals surface area contributed by atoms with E-state index in [1.807, 2.05) is 19.1 Å². The number of hydrogen-bond acceptors (Lipinski definition) is 7. The number of nitro benzene ring substituents is 1. The molecule has 0 bridgehead atoms. The first-order valence-corrected chi connectivity index (χ1v) is 11.3. The maximum Gasteiger partial charge on any atom is 0.424 e. The van der Waals surface area contributed by atoms with Crippen LogP contribution in [0.5, 0.6) is 5.75 Å². The van der Waals surface area contributed by atoms with Crippen LogP contribution < -0.4 is 4.74 Å². The van der Waals surface area contributed by atoms with Crippen molar-refractivity contribution in [3.05, 3.63) is 70.3 Å². The Morgan fingerprint density at radius 2 is 1.75 bits per heavy atom. The standard InChI is InChI=1S/C22H24N2O7S/c1-14(2)21-20(13-15(3)16-5-9-18(30-4)10-6-16)31-22(25)23(21)32(28,29)19-11-7-17(8-12-19)24(26)27/h5-14,20-21H,1-4H3/b15-13+/t20-,21-/m0/s1. The van der Waals surface area contributed by atoms with E-state index in [0.717, 1.165) is 39.7 Å². The Bertz CT molecular complexity index is 1140. The molecule has 0 saturated carbocycles. The van der Waals surface area contributed by atoms with E-state index in [1.54, 1.807) is 39.2 Å². The number of non-ortho nitro benzene ring substituents is 1. The number of hydrogen-bond donors (Lipinski definition) is 0. The van der Waals surface area contributed by atoms with Crippen molar-refractivity contribution in [1.82, 2.24) is 4.31 Å². The van der Waals surface area contributed by atoms with Crippen molar-refractivity contribution in [1.29, 1.82) is 0 Å². The van der Waals surface area contributed by atoms with Gasteiger partial charge < -0.3 is 9.47 Å². The third kappa shape index (κ3) is 4.45. The molecule has 0 aliphatic carbocycles. The highest BCUT2D eigenvalue weighted by Gasteiger charge is 2.49. The zero-order valence-electron chi connectivity index (χ0n) is 18.1. The molecule has 1 aliphatic heterocycles. The van der Waals surface area contributed by atoms with Gasteiger partial charge in [0.1, 0.15) is 11.9 Å². The Labute approximate surface area is 186 Å². The Morgan fingerprint density at radius 1 is 1.16 bits per heavy atom. The van der Waals surface area contributed by atoms with E-state index in [0.29, 0.717) is 5.75 Å². The van der Waals surface area contributed by atoms with Crippen molar-refractivity contribution in [3.63, 3.8) is 0 Å². The summed E-state index contributed by atoms with van der Waals surface area (Å²) in [6.45, 7) is 5.45. The molecular weight excluding hydrogens is 436 g/mol. The topological polar surface area (TPSA) is 116 Å². The van der Waals surface area contributed by atoms with Crippen LogP contribution in [0.15, 0.2) is 59.5 Å². The fraction of sp³-hybridized carbons (Fsp3) is 0.318. The second-order valence-electron chi connectivity index (χ2n) is 7.71. The molecule has 10 heteroatoms. The van der Waals surface area contributed by atoms with Crippen molar-refractivity contribution in [2.24, 2.45) is 5.92 Å². The number of nitrogens with zero attached hydrogens (tertiary/aromatic N) is 2. The van der Waals surface area contributed by atoms with Gasteiger partial charge in [0, 0.05) is 12.1 Å². The number of ether oxygens (including phenoxy) is 2. The number of sulfonamides is 1. The van der Waals surface area contributed by atoms with E-state index in [-0.39, 0.29) is 16.5 Å². The number of nitro groups is 1. The summed E-state index contributed by atoms with van der Waals surface area (Å²) < 4.78 is 37.8. The lowest BCUT2D eigenvalue weighted by molar-refractivity contribution is -0.384. The van der Waals surface area contributed by atoms with Crippen molar-refractivity contribution in [3.8, 4) is 5.75 Å². The van der Waals surface area contributed by atoms with E-state index in [1.165, 1.54) is 0 Å². The minimum atomic E-state index is -4.28. The van der Waals surface area contributed by atoms with Gasteiger partial charge in [0.05, 0.1) is 23.0 Å². The third-order valence-electron chi connectivity index (χ3n) is 5.27. The normalized spacial score (nSPS) is 19.2. The number of carbonyl (C=O) groups excluding carboxylic acids is 1. The minimum Gasteiger partial charge on any atom is -0.497 e.